The average Bonchev–Trinajstić information content (AvgIpc) is 2.33. The number of hydrogen-bond acceptors (Lipinski definition) is 0. The van der Waals surface area contributed by atoms with Crippen molar-refractivity contribution in [3.05, 3.63) is 12.2 Å². The van der Waals surface area contributed by atoms with Crippen molar-refractivity contribution >= 4 is 13.4 Å². The number of allylic oxidation sites excluding steroid dienone is 1. The molecule has 2 heteroatoms. The number of halogens is 1. The molecule has 0 spiro atoms. The van der Waals surface area contributed by atoms with E-state index in [0.717, 1.165) is 18.4 Å². The zero-order valence-corrected chi connectivity index (χ0v) is 12.2. The second-order valence-electron chi connectivity index (χ2n) is 5.19. The maximum atomic E-state index is 14.0. The molecule has 3 unspecified atom stereocenters. The predicted molar refractivity (Wildman–Crippen MR) is 78.8 cm³/mol. The van der Waals surface area contributed by atoms with Gasteiger partial charge >= 0.3 is 107 Å². The molecule has 0 fully saturated rings. The van der Waals surface area contributed by atoms with E-state index in [9.17, 15) is 4.39 Å². The van der Waals surface area contributed by atoms with E-state index in [1.807, 2.05) is 20.8 Å². The first-order valence-electron chi connectivity index (χ1n) is 6.83. The summed E-state index contributed by atoms with van der Waals surface area (Å²) in [7, 11) is 0. The van der Waals surface area contributed by atoms with Crippen molar-refractivity contribution in [3.63, 3.8) is 0 Å². The van der Waals surface area contributed by atoms with Gasteiger partial charge in [-0.25, -0.2) is 0 Å². The molecule has 0 amide bonds. The van der Waals surface area contributed by atoms with Crippen LogP contribution in [0, 0.1) is 11.3 Å². The monoisotopic (exact) mass is 238 g/mol. The molecule has 0 aromatic rings. The minimum absolute atomic E-state index is 0.000671. The van der Waals surface area contributed by atoms with Crippen molar-refractivity contribution in [2.24, 2.45) is 11.3 Å². The van der Waals surface area contributed by atoms with Gasteiger partial charge < -0.3 is 0 Å². The Kier molecular flexibility index (Phi) is 6.97. The summed E-state index contributed by atoms with van der Waals surface area (Å²) < 4.78 is 14.0. The Balaban J connectivity index is 5.31. The van der Waals surface area contributed by atoms with Crippen LogP contribution >= 0.6 is 0 Å². The van der Waals surface area contributed by atoms with Crippen molar-refractivity contribution in [3.8, 4) is 0 Å². The topological polar surface area (TPSA) is 0 Å². The molecular weight excluding hydrogens is 210 g/mol. The zero-order chi connectivity index (χ0) is 13.6. The van der Waals surface area contributed by atoms with E-state index in [0.29, 0.717) is 6.42 Å². The number of alkyl halides is 1. The van der Waals surface area contributed by atoms with Gasteiger partial charge in [-0.1, -0.05) is 0 Å². The third kappa shape index (κ3) is 3.30. The summed E-state index contributed by atoms with van der Waals surface area (Å²) >= 11 is 0. The van der Waals surface area contributed by atoms with Crippen molar-refractivity contribution in [1.82, 2.24) is 0 Å². The van der Waals surface area contributed by atoms with Gasteiger partial charge in [-0.15, -0.1) is 0 Å². The molecule has 0 radical (unpaired) electrons. The molecule has 3 atom stereocenters. The molecule has 98 valence electrons. The quantitative estimate of drug-likeness (QED) is 0.425. The van der Waals surface area contributed by atoms with Gasteiger partial charge in [0.05, 0.1) is 0 Å². The summed E-state index contributed by atoms with van der Waals surface area (Å²) in [6, 6.07) is 0. The SMILES string of the molecule is C=BC(C(C)C(F)CC)C(CC)(CC)C(=C)C. The molecule has 0 aliphatic heterocycles. The van der Waals surface area contributed by atoms with Crippen LogP contribution in [0.2, 0.25) is 5.82 Å². The summed E-state index contributed by atoms with van der Waals surface area (Å²) in [6.07, 6.45) is 1.81. The standard InChI is InChI=1S/C15H28BF/c1-8-13(17)12(6)14(16-7)15(9-2,10-3)11(4)5/h12-14H,4,7-10H2,1-3,5-6H3. The first kappa shape index (κ1) is 16.6. The first-order chi connectivity index (χ1) is 7.91. The summed E-state index contributed by atoms with van der Waals surface area (Å²) in [5.41, 5.74) is 1.16. The number of rotatable bonds is 8. The molecule has 17 heavy (non-hydrogen) atoms. The van der Waals surface area contributed by atoms with Gasteiger partial charge in [0.15, 0.2) is 0 Å². The van der Waals surface area contributed by atoms with Crippen LogP contribution in [0.3, 0.4) is 0 Å². The third-order valence-electron chi connectivity index (χ3n) is 4.53. The van der Waals surface area contributed by atoms with Crippen molar-refractivity contribution in [2.45, 2.75) is 65.9 Å². The van der Waals surface area contributed by atoms with E-state index < -0.39 is 6.17 Å². The minimum atomic E-state index is -0.755. The van der Waals surface area contributed by atoms with Crippen molar-refractivity contribution in [2.75, 3.05) is 0 Å². The van der Waals surface area contributed by atoms with Crippen molar-refractivity contribution in [1.29, 1.82) is 0 Å². The summed E-state index contributed by atoms with van der Waals surface area (Å²) in [5, 5.41) is 0. The second-order valence-corrected chi connectivity index (χ2v) is 5.19. The average molecular weight is 238 g/mol. The molecule has 0 aromatic carbocycles. The van der Waals surface area contributed by atoms with Crippen LogP contribution in [0.1, 0.15) is 53.9 Å². The molecule has 0 heterocycles. The van der Waals surface area contributed by atoms with E-state index in [1.54, 1.807) is 0 Å². The Morgan fingerprint density at radius 3 is 2.00 bits per heavy atom. The van der Waals surface area contributed by atoms with Gasteiger partial charge in [0.25, 0.3) is 0 Å². The fourth-order valence-corrected chi connectivity index (χ4v) is 3.15. The summed E-state index contributed by atoms with van der Waals surface area (Å²) in [5.74, 6) is 0.180. The first-order valence-corrected chi connectivity index (χ1v) is 6.83. The van der Waals surface area contributed by atoms with Gasteiger partial charge in [0.2, 0.25) is 0 Å². The van der Waals surface area contributed by atoms with E-state index in [1.165, 1.54) is 0 Å². The van der Waals surface area contributed by atoms with Gasteiger partial charge in [0, 0.05) is 0 Å². The molecule has 0 saturated carbocycles. The molecule has 0 aromatic heterocycles. The van der Waals surface area contributed by atoms with Crippen LogP contribution < -0.4 is 0 Å². The van der Waals surface area contributed by atoms with E-state index in [2.05, 4.69) is 33.8 Å². The molecule has 0 N–H and O–H groups in total. The van der Waals surface area contributed by atoms with Gasteiger partial charge in [-0.2, -0.15) is 0 Å². The summed E-state index contributed by atoms with van der Waals surface area (Å²) in [4.78, 5) is 0. The Morgan fingerprint density at radius 1 is 1.29 bits per heavy atom. The Morgan fingerprint density at radius 2 is 1.76 bits per heavy atom. The fourth-order valence-electron chi connectivity index (χ4n) is 3.15. The van der Waals surface area contributed by atoms with E-state index in [-0.39, 0.29) is 17.2 Å². The Hall–Kier alpha value is -0.395. The Bertz CT molecular complexity index is 256. The molecule has 0 rings (SSSR count). The van der Waals surface area contributed by atoms with Crippen LogP contribution in [0.15, 0.2) is 12.2 Å². The van der Waals surface area contributed by atoms with Crippen LogP contribution in [-0.2, 0) is 0 Å². The molecule has 0 saturated heterocycles. The number of hydrogen-bond donors (Lipinski definition) is 0. The van der Waals surface area contributed by atoms with E-state index >= 15 is 0 Å². The zero-order valence-electron chi connectivity index (χ0n) is 12.2. The predicted octanol–water partition coefficient (Wildman–Crippen LogP) is 4.68. The van der Waals surface area contributed by atoms with Crippen LogP contribution in [-0.4, -0.2) is 19.6 Å². The molecular formula is C15H28BF. The second kappa shape index (κ2) is 7.13. The Labute approximate surface area is 108 Å². The maximum absolute atomic E-state index is 14.0. The van der Waals surface area contributed by atoms with Crippen LogP contribution in [0.25, 0.3) is 0 Å². The molecule has 0 bridgehead atoms. The van der Waals surface area contributed by atoms with E-state index in [4.69, 9.17) is 0 Å². The third-order valence-corrected chi connectivity index (χ3v) is 4.53. The summed E-state index contributed by atoms with van der Waals surface area (Å²) in [6.45, 7) is 20.3. The van der Waals surface area contributed by atoms with Crippen LogP contribution in [0.4, 0.5) is 4.39 Å². The van der Waals surface area contributed by atoms with Gasteiger partial charge in [-0.3, -0.25) is 0 Å². The fraction of sp³-hybridized carbons (Fsp3) is 0.800. The normalized spacial score (nSPS) is 17.1. The molecule has 0 aliphatic rings. The van der Waals surface area contributed by atoms with Crippen LogP contribution in [0.5, 0.6) is 0 Å². The molecule has 0 nitrogen and oxygen atoms in total. The van der Waals surface area contributed by atoms with Gasteiger partial charge in [0.1, 0.15) is 0 Å². The molecule has 0 aliphatic carbocycles. The van der Waals surface area contributed by atoms with Gasteiger partial charge in [-0.05, 0) is 0 Å². The van der Waals surface area contributed by atoms with Crippen molar-refractivity contribution < 1.29 is 4.39 Å².